The van der Waals surface area contributed by atoms with Crippen molar-refractivity contribution < 1.29 is 14.3 Å². The summed E-state index contributed by atoms with van der Waals surface area (Å²) in [6.07, 6.45) is 0. The van der Waals surface area contributed by atoms with Gasteiger partial charge in [0.15, 0.2) is 11.5 Å². The lowest BCUT2D eigenvalue weighted by atomic mass is 10.2. The number of rotatable bonds is 5. The van der Waals surface area contributed by atoms with Crippen LogP contribution in [0.4, 0.5) is 11.4 Å². The molecule has 0 aromatic heterocycles. The monoisotopic (exact) mass is 442 g/mol. The quantitative estimate of drug-likeness (QED) is 0.507. The van der Waals surface area contributed by atoms with Crippen LogP contribution in [0.5, 0.6) is 11.5 Å². The zero-order valence-corrected chi connectivity index (χ0v) is 16.5. The lowest BCUT2D eigenvalue weighted by Crippen LogP contribution is -2.11. The molecular formula is C20H15BrN2O3S. The van der Waals surface area contributed by atoms with Gasteiger partial charge in [0.05, 0.1) is 0 Å². The molecule has 3 aromatic carbocycles. The van der Waals surface area contributed by atoms with Crippen molar-refractivity contribution in [3.8, 4) is 11.5 Å². The maximum Gasteiger partial charge on any atom is 0.255 e. The molecule has 0 spiro atoms. The average Bonchev–Trinajstić information content (AvgIpc) is 3.14. The van der Waals surface area contributed by atoms with Crippen LogP contribution in [0.25, 0.3) is 0 Å². The minimum Gasteiger partial charge on any atom is -0.454 e. The van der Waals surface area contributed by atoms with E-state index in [4.69, 9.17) is 9.47 Å². The molecule has 0 radical (unpaired) electrons. The van der Waals surface area contributed by atoms with Gasteiger partial charge in [0.2, 0.25) is 6.79 Å². The lowest BCUT2D eigenvalue weighted by molar-refractivity contribution is 0.102. The van der Waals surface area contributed by atoms with Gasteiger partial charge in [0.1, 0.15) is 0 Å². The Bertz CT molecular complexity index is 996. The molecule has 27 heavy (non-hydrogen) atoms. The van der Waals surface area contributed by atoms with Crippen molar-refractivity contribution >= 4 is 45.2 Å². The predicted molar refractivity (Wildman–Crippen MR) is 111 cm³/mol. The summed E-state index contributed by atoms with van der Waals surface area (Å²) in [7, 11) is 0. The van der Waals surface area contributed by atoms with Crippen LogP contribution in [0.15, 0.2) is 76.1 Å². The number of hydrogen-bond acceptors (Lipinski definition) is 5. The zero-order chi connectivity index (χ0) is 18.6. The number of halogens is 1. The van der Waals surface area contributed by atoms with Crippen LogP contribution in [0.3, 0.4) is 0 Å². The van der Waals surface area contributed by atoms with Crippen LogP contribution < -0.4 is 19.5 Å². The number of carbonyl (C=O) groups is 1. The summed E-state index contributed by atoms with van der Waals surface area (Å²) in [5, 5.41) is 2.90. The highest BCUT2D eigenvalue weighted by molar-refractivity contribution is 9.10. The molecule has 0 atom stereocenters. The Kier molecular flexibility index (Phi) is 5.22. The molecule has 3 aromatic rings. The largest absolute Gasteiger partial charge is 0.454 e. The van der Waals surface area contributed by atoms with Gasteiger partial charge in [-0.3, -0.25) is 4.79 Å². The number of carbonyl (C=O) groups excluding carboxylic acids is 1. The van der Waals surface area contributed by atoms with E-state index < -0.39 is 0 Å². The zero-order valence-electron chi connectivity index (χ0n) is 14.1. The van der Waals surface area contributed by atoms with Crippen LogP contribution in [0.2, 0.25) is 0 Å². The second-order valence-electron chi connectivity index (χ2n) is 5.76. The Morgan fingerprint density at radius 3 is 2.67 bits per heavy atom. The number of fused-ring (bicyclic) bond motifs is 1. The summed E-state index contributed by atoms with van der Waals surface area (Å²) in [6.45, 7) is 0.251. The van der Waals surface area contributed by atoms with E-state index >= 15 is 0 Å². The first-order valence-corrected chi connectivity index (χ1v) is 9.78. The number of amides is 1. The van der Waals surface area contributed by atoms with Crippen molar-refractivity contribution in [3.63, 3.8) is 0 Å². The van der Waals surface area contributed by atoms with Crippen molar-refractivity contribution in [1.29, 1.82) is 0 Å². The van der Waals surface area contributed by atoms with Gasteiger partial charge in [-0.15, -0.1) is 0 Å². The highest BCUT2D eigenvalue weighted by Crippen LogP contribution is 2.35. The first-order chi connectivity index (χ1) is 13.2. The molecule has 136 valence electrons. The summed E-state index contributed by atoms with van der Waals surface area (Å²) in [5.74, 6) is 1.32. The van der Waals surface area contributed by atoms with Crippen LogP contribution in [0, 0.1) is 0 Å². The molecule has 1 aliphatic rings. The van der Waals surface area contributed by atoms with E-state index in [1.54, 1.807) is 6.07 Å². The summed E-state index contributed by atoms with van der Waals surface area (Å²) in [5.41, 5.74) is 2.23. The van der Waals surface area contributed by atoms with E-state index in [9.17, 15) is 4.79 Å². The Morgan fingerprint density at radius 2 is 1.78 bits per heavy atom. The van der Waals surface area contributed by atoms with Gasteiger partial charge in [-0.1, -0.05) is 28.1 Å². The third-order valence-corrected chi connectivity index (χ3v) is 5.16. The smallest absolute Gasteiger partial charge is 0.255 e. The Hall–Kier alpha value is -2.64. The molecule has 0 aliphatic carbocycles. The Balaban J connectivity index is 1.42. The molecule has 1 heterocycles. The topological polar surface area (TPSA) is 59.6 Å². The van der Waals surface area contributed by atoms with Gasteiger partial charge in [-0.05, 0) is 60.5 Å². The highest BCUT2D eigenvalue weighted by atomic mass is 79.9. The maximum absolute atomic E-state index is 12.5. The molecule has 7 heteroatoms. The maximum atomic E-state index is 12.5. The van der Waals surface area contributed by atoms with E-state index in [0.717, 1.165) is 32.2 Å². The Labute approximate surface area is 169 Å². The van der Waals surface area contributed by atoms with Gasteiger partial charge in [0, 0.05) is 32.4 Å². The fourth-order valence-electron chi connectivity index (χ4n) is 2.55. The second kappa shape index (κ2) is 7.94. The number of hydrogen-bond donors (Lipinski definition) is 2. The molecule has 1 aliphatic heterocycles. The first kappa shape index (κ1) is 17.8. The lowest BCUT2D eigenvalue weighted by Gasteiger charge is -2.09. The van der Waals surface area contributed by atoms with E-state index in [0.29, 0.717) is 5.56 Å². The van der Waals surface area contributed by atoms with Crippen molar-refractivity contribution in [2.45, 2.75) is 4.90 Å². The van der Waals surface area contributed by atoms with Gasteiger partial charge >= 0.3 is 0 Å². The molecule has 0 saturated heterocycles. The van der Waals surface area contributed by atoms with E-state index in [1.165, 1.54) is 11.9 Å². The van der Waals surface area contributed by atoms with Crippen LogP contribution in [0.1, 0.15) is 10.4 Å². The van der Waals surface area contributed by atoms with Gasteiger partial charge in [0.25, 0.3) is 5.91 Å². The molecular weight excluding hydrogens is 428 g/mol. The molecule has 1 amide bonds. The number of benzene rings is 3. The molecule has 5 nitrogen and oxygen atoms in total. The van der Waals surface area contributed by atoms with E-state index in [2.05, 4.69) is 26.0 Å². The van der Waals surface area contributed by atoms with Crippen LogP contribution >= 0.6 is 27.9 Å². The minimum absolute atomic E-state index is 0.154. The fraction of sp³-hybridized carbons (Fsp3) is 0.0500. The normalized spacial score (nSPS) is 11.9. The molecule has 2 N–H and O–H groups in total. The predicted octanol–water partition coefficient (Wildman–Crippen LogP) is 5.55. The second-order valence-corrected chi connectivity index (χ2v) is 7.56. The summed E-state index contributed by atoms with van der Waals surface area (Å²) in [6, 6.07) is 20.6. The third kappa shape index (κ3) is 4.37. The SMILES string of the molecule is O=C(Nc1cccc(Br)c1)c1cccc(SNc2ccc3c(c2)OCO3)c1. The van der Waals surface area contributed by atoms with Gasteiger partial charge in [-0.25, -0.2) is 0 Å². The minimum atomic E-state index is -0.154. The molecule has 0 saturated carbocycles. The average molecular weight is 443 g/mol. The van der Waals surface area contributed by atoms with Crippen LogP contribution in [-0.4, -0.2) is 12.7 Å². The highest BCUT2D eigenvalue weighted by Gasteiger charge is 2.13. The standard InChI is InChI=1S/C20H15BrN2O3S/c21-14-4-2-5-15(10-14)22-20(24)13-3-1-6-17(9-13)27-23-16-7-8-18-19(11-16)26-12-25-18/h1-11,23H,12H2,(H,22,24). The molecule has 0 unspecified atom stereocenters. The number of nitrogens with one attached hydrogen (secondary N) is 2. The summed E-state index contributed by atoms with van der Waals surface area (Å²) < 4.78 is 14.9. The molecule has 4 rings (SSSR count). The Morgan fingerprint density at radius 1 is 0.926 bits per heavy atom. The van der Waals surface area contributed by atoms with Crippen molar-refractivity contribution in [3.05, 3.63) is 76.8 Å². The molecule has 0 bridgehead atoms. The molecule has 0 fully saturated rings. The number of ether oxygens (including phenoxy) is 2. The summed E-state index contributed by atoms with van der Waals surface area (Å²) in [4.78, 5) is 13.4. The van der Waals surface area contributed by atoms with E-state index in [-0.39, 0.29) is 12.7 Å². The third-order valence-electron chi connectivity index (χ3n) is 3.84. The van der Waals surface area contributed by atoms with Gasteiger partial charge < -0.3 is 19.5 Å². The first-order valence-electron chi connectivity index (χ1n) is 8.17. The van der Waals surface area contributed by atoms with Crippen molar-refractivity contribution in [2.75, 3.05) is 16.8 Å². The summed E-state index contributed by atoms with van der Waals surface area (Å²) >= 11 is 4.83. The van der Waals surface area contributed by atoms with Crippen molar-refractivity contribution in [2.24, 2.45) is 0 Å². The fourth-order valence-corrected chi connectivity index (χ4v) is 3.64. The van der Waals surface area contributed by atoms with Crippen molar-refractivity contribution in [1.82, 2.24) is 0 Å². The number of anilines is 2. The van der Waals surface area contributed by atoms with Gasteiger partial charge in [-0.2, -0.15) is 0 Å². The van der Waals surface area contributed by atoms with E-state index in [1.807, 2.05) is 60.7 Å². The van der Waals surface area contributed by atoms with Crippen LogP contribution in [-0.2, 0) is 0 Å².